The van der Waals surface area contributed by atoms with Crippen molar-refractivity contribution in [2.75, 3.05) is 0 Å². The van der Waals surface area contributed by atoms with Crippen LogP contribution in [-0.4, -0.2) is 45.7 Å². The fourth-order valence-electron chi connectivity index (χ4n) is 4.05. The number of carbonyl (C=O) groups is 4. The van der Waals surface area contributed by atoms with Gasteiger partial charge in [-0.25, -0.2) is 14.1 Å². The second-order valence-electron chi connectivity index (χ2n) is 7.76. The van der Waals surface area contributed by atoms with E-state index in [-0.39, 0.29) is 16.9 Å². The van der Waals surface area contributed by atoms with Gasteiger partial charge in [-0.3, -0.25) is 19.3 Å². The lowest BCUT2D eigenvalue weighted by Crippen LogP contribution is -2.72. The van der Waals surface area contributed by atoms with E-state index in [1.807, 2.05) is 30.3 Å². The lowest BCUT2D eigenvalue weighted by atomic mass is 9.92. The number of fused-ring (bicyclic) bond motifs is 1. The summed E-state index contributed by atoms with van der Waals surface area (Å²) in [6, 6.07) is 18.1. The Bertz CT molecular complexity index is 1300. The molecule has 1 fully saturated rings. The van der Waals surface area contributed by atoms with Gasteiger partial charge in [-0.05, 0) is 42.0 Å². The topological polar surface area (TPSA) is 84.0 Å². The van der Waals surface area contributed by atoms with Crippen molar-refractivity contribution in [3.05, 3.63) is 107 Å². The average molecular weight is 456 g/mol. The van der Waals surface area contributed by atoms with Crippen molar-refractivity contribution in [1.82, 2.24) is 9.80 Å². The number of hydrogen-bond donors (Lipinski definition) is 0. The first-order valence-electron chi connectivity index (χ1n) is 10.5. The molecule has 5 rings (SSSR count). The van der Waals surface area contributed by atoms with Gasteiger partial charge in [0.15, 0.2) is 0 Å². The lowest BCUT2D eigenvalue weighted by Gasteiger charge is -2.46. The number of β-lactam (4-membered cyclic amide) rings is 1. The highest BCUT2D eigenvalue weighted by Gasteiger charge is 2.58. The summed E-state index contributed by atoms with van der Waals surface area (Å²) in [4.78, 5) is 53.6. The van der Waals surface area contributed by atoms with Crippen LogP contribution < -0.4 is 4.74 Å². The van der Waals surface area contributed by atoms with Crippen molar-refractivity contribution < 1.29 is 28.3 Å². The molecule has 2 heterocycles. The molecule has 3 aromatic carbocycles. The summed E-state index contributed by atoms with van der Waals surface area (Å²) in [5.41, 5.74) is 1.21. The molecule has 3 aromatic rings. The van der Waals surface area contributed by atoms with Crippen molar-refractivity contribution in [3.8, 4) is 5.75 Å². The Balaban J connectivity index is 1.45. The molecule has 0 N–H and O–H groups in total. The minimum absolute atomic E-state index is 0.0502. The minimum Gasteiger partial charge on any atom is -0.410 e. The number of nitrogens with zero attached hydrogens (tertiary/aromatic N) is 2. The van der Waals surface area contributed by atoms with Crippen LogP contribution in [0, 0.1) is 5.82 Å². The van der Waals surface area contributed by atoms with Crippen LogP contribution in [0.4, 0.5) is 9.18 Å². The molecule has 0 radical (unpaired) electrons. The molecule has 1 saturated heterocycles. The summed E-state index contributed by atoms with van der Waals surface area (Å²) >= 11 is 0. The Hall–Kier alpha value is -4.59. The van der Waals surface area contributed by atoms with Crippen LogP contribution in [-0.2, 0) is 4.79 Å². The molecule has 0 bridgehead atoms. The molecule has 0 unspecified atom stereocenters. The molecule has 0 aliphatic carbocycles. The third-order valence-corrected chi connectivity index (χ3v) is 5.72. The van der Waals surface area contributed by atoms with Gasteiger partial charge in [-0.2, -0.15) is 0 Å². The maximum absolute atomic E-state index is 13.2. The van der Waals surface area contributed by atoms with E-state index in [0.717, 1.165) is 27.5 Å². The molecule has 2 atom stereocenters. The van der Waals surface area contributed by atoms with Gasteiger partial charge in [-0.1, -0.05) is 54.6 Å². The second-order valence-corrected chi connectivity index (χ2v) is 7.76. The molecule has 0 aromatic heterocycles. The molecule has 7 nitrogen and oxygen atoms in total. The number of halogens is 1. The van der Waals surface area contributed by atoms with Crippen LogP contribution in [0.1, 0.15) is 26.3 Å². The number of imide groups is 2. The standard InChI is InChI=1S/C26H17FN2O5/c27-17-11-13-18(14-12-17)34-26(33)28-21(15-10-16-6-2-1-3-7-16)22(25(28)32)29-23(30)19-8-4-5-9-20(19)24(29)31/h1-15,21-22H/b15-10+/t21-,22-/m1/s1. The number of hydrogen-bond acceptors (Lipinski definition) is 5. The highest BCUT2D eigenvalue weighted by Crippen LogP contribution is 2.34. The predicted molar refractivity (Wildman–Crippen MR) is 119 cm³/mol. The Kier molecular flexibility index (Phi) is 5.25. The summed E-state index contributed by atoms with van der Waals surface area (Å²) in [7, 11) is 0. The molecule has 168 valence electrons. The monoisotopic (exact) mass is 456 g/mol. The van der Waals surface area contributed by atoms with E-state index in [1.54, 1.807) is 24.3 Å². The minimum atomic E-state index is -1.20. The number of benzene rings is 3. The third-order valence-electron chi connectivity index (χ3n) is 5.72. The third kappa shape index (κ3) is 3.55. The van der Waals surface area contributed by atoms with Crippen LogP contribution in [0.3, 0.4) is 0 Å². The zero-order valence-electron chi connectivity index (χ0n) is 17.6. The number of amides is 4. The van der Waals surface area contributed by atoms with Crippen molar-refractivity contribution in [1.29, 1.82) is 0 Å². The zero-order chi connectivity index (χ0) is 23.8. The Labute approximate surface area is 193 Å². The molecule has 2 aliphatic rings. The molecule has 2 aliphatic heterocycles. The molecule has 34 heavy (non-hydrogen) atoms. The summed E-state index contributed by atoms with van der Waals surface area (Å²) in [6.45, 7) is 0. The average Bonchev–Trinajstić information content (AvgIpc) is 3.09. The molecule has 4 amide bonds. The van der Waals surface area contributed by atoms with Crippen LogP contribution in [0.2, 0.25) is 0 Å². The number of likely N-dealkylation sites (tertiary alicyclic amines) is 1. The van der Waals surface area contributed by atoms with Crippen molar-refractivity contribution in [2.45, 2.75) is 12.1 Å². The van der Waals surface area contributed by atoms with E-state index < -0.39 is 41.7 Å². The van der Waals surface area contributed by atoms with Crippen molar-refractivity contribution in [3.63, 3.8) is 0 Å². The van der Waals surface area contributed by atoms with Crippen LogP contribution in [0.15, 0.2) is 84.9 Å². The van der Waals surface area contributed by atoms with Crippen LogP contribution >= 0.6 is 0 Å². The molecular formula is C26H17FN2O5. The molecule has 0 spiro atoms. The van der Waals surface area contributed by atoms with Gasteiger partial charge in [0.05, 0.1) is 17.2 Å². The normalized spacial score (nSPS) is 19.4. The van der Waals surface area contributed by atoms with Gasteiger partial charge in [-0.15, -0.1) is 0 Å². The second kappa shape index (κ2) is 8.40. The van der Waals surface area contributed by atoms with Crippen molar-refractivity contribution >= 4 is 29.9 Å². The van der Waals surface area contributed by atoms with E-state index in [4.69, 9.17) is 4.74 Å². The smallest absolute Gasteiger partial charge is 0.410 e. The summed E-state index contributed by atoms with van der Waals surface area (Å²) in [5.74, 6) is -2.39. The van der Waals surface area contributed by atoms with E-state index in [0.29, 0.717) is 0 Å². The van der Waals surface area contributed by atoms with E-state index in [1.165, 1.54) is 24.3 Å². The van der Waals surface area contributed by atoms with E-state index >= 15 is 0 Å². The van der Waals surface area contributed by atoms with E-state index in [2.05, 4.69) is 0 Å². The number of carbonyl (C=O) groups excluding carboxylic acids is 4. The van der Waals surface area contributed by atoms with Crippen LogP contribution in [0.5, 0.6) is 5.75 Å². The van der Waals surface area contributed by atoms with Gasteiger partial charge < -0.3 is 4.74 Å². The number of rotatable bonds is 4. The first-order valence-corrected chi connectivity index (χ1v) is 10.5. The first kappa shape index (κ1) is 21.3. The van der Waals surface area contributed by atoms with Gasteiger partial charge in [0.2, 0.25) is 0 Å². The highest BCUT2D eigenvalue weighted by molar-refractivity contribution is 6.24. The van der Waals surface area contributed by atoms with Gasteiger partial charge in [0.25, 0.3) is 17.7 Å². The SMILES string of the molecule is O=C(Oc1ccc(F)cc1)N1C(=O)[C@H](N2C(=O)c3ccccc3C2=O)[C@H]1/C=C/c1ccccc1. The van der Waals surface area contributed by atoms with Crippen molar-refractivity contribution in [2.24, 2.45) is 0 Å². The molecule has 8 heteroatoms. The number of ether oxygens (including phenoxy) is 1. The van der Waals surface area contributed by atoms with Crippen LogP contribution in [0.25, 0.3) is 6.08 Å². The van der Waals surface area contributed by atoms with Gasteiger partial charge in [0.1, 0.15) is 17.6 Å². The summed E-state index contributed by atoms with van der Waals surface area (Å²) in [5, 5.41) is 0. The van der Waals surface area contributed by atoms with Gasteiger partial charge >= 0.3 is 6.09 Å². The fraction of sp³-hybridized carbons (Fsp3) is 0.0769. The Morgan fingerprint density at radius 2 is 1.41 bits per heavy atom. The summed E-state index contributed by atoms with van der Waals surface area (Å²) < 4.78 is 18.4. The predicted octanol–water partition coefficient (Wildman–Crippen LogP) is 3.91. The first-order chi connectivity index (χ1) is 16.5. The Morgan fingerprint density at radius 3 is 2.03 bits per heavy atom. The quantitative estimate of drug-likeness (QED) is 0.439. The Morgan fingerprint density at radius 1 is 0.824 bits per heavy atom. The highest BCUT2D eigenvalue weighted by atomic mass is 19.1. The van der Waals surface area contributed by atoms with Gasteiger partial charge in [0, 0.05) is 0 Å². The zero-order valence-corrected chi connectivity index (χ0v) is 17.6. The van der Waals surface area contributed by atoms with E-state index in [9.17, 15) is 23.6 Å². The molecule has 0 saturated carbocycles. The summed E-state index contributed by atoms with van der Waals surface area (Å²) in [6.07, 6.45) is 2.28. The maximum atomic E-state index is 13.2. The lowest BCUT2D eigenvalue weighted by molar-refractivity contribution is -0.147. The molecular weight excluding hydrogens is 439 g/mol. The fourth-order valence-corrected chi connectivity index (χ4v) is 4.05. The largest absolute Gasteiger partial charge is 0.422 e. The maximum Gasteiger partial charge on any atom is 0.422 e.